The molecule has 0 aliphatic heterocycles. The summed E-state index contributed by atoms with van der Waals surface area (Å²) in [6.45, 7) is 4.23. The van der Waals surface area contributed by atoms with Crippen molar-refractivity contribution in [2.24, 2.45) is 0 Å². The van der Waals surface area contributed by atoms with E-state index in [0.29, 0.717) is 6.04 Å². The van der Waals surface area contributed by atoms with Crippen LogP contribution < -0.4 is 11.1 Å². The molecule has 0 radical (unpaired) electrons. The summed E-state index contributed by atoms with van der Waals surface area (Å²) in [6, 6.07) is 5.06. The highest BCUT2D eigenvalue weighted by Gasteiger charge is 2.11. The maximum atomic E-state index is 10.6. The highest BCUT2D eigenvalue weighted by atomic mass is 32.2. The monoisotopic (exact) mass is 269 g/mol. The van der Waals surface area contributed by atoms with Crippen molar-refractivity contribution in [2.45, 2.75) is 26.3 Å². The van der Waals surface area contributed by atoms with E-state index < -0.39 is 4.92 Å². The van der Waals surface area contributed by atoms with Gasteiger partial charge in [0.15, 0.2) is 0 Å². The molecule has 0 aromatic heterocycles. The van der Waals surface area contributed by atoms with Gasteiger partial charge in [0.2, 0.25) is 0 Å². The zero-order chi connectivity index (χ0) is 13.5. The highest BCUT2D eigenvalue weighted by molar-refractivity contribution is 7.99. The standard InChI is InChI=1S/C12H19N3O2S/c1-3-18-7-6-9(2)14-10-4-5-12(15(16)17)11(13)8-10/h4-5,8-9,14H,3,6-7,13H2,1-2H3. The first-order valence-electron chi connectivity index (χ1n) is 5.92. The molecule has 100 valence electrons. The second-order valence-electron chi connectivity index (χ2n) is 4.06. The van der Waals surface area contributed by atoms with Gasteiger partial charge in [-0.1, -0.05) is 6.92 Å². The number of nitrogens with one attached hydrogen (secondary N) is 1. The maximum absolute atomic E-state index is 10.6. The van der Waals surface area contributed by atoms with Crippen LogP contribution in [0.3, 0.4) is 0 Å². The third-order valence-corrected chi connectivity index (χ3v) is 3.47. The molecule has 0 saturated heterocycles. The normalized spacial score (nSPS) is 12.1. The molecular weight excluding hydrogens is 250 g/mol. The molecule has 0 bridgehead atoms. The first-order valence-corrected chi connectivity index (χ1v) is 7.08. The fourth-order valence-electron chi connectivity index (χ4n) is 1.57. The second kappa shape index (κ2) is 7.10. The number of benzene rings is 1. The smallest absolute Gasteiger partial charge is 0.292 e. The van der Waals surface area contributed by atoms with Crippen LogP contribution in [-0.2, 0) is 0 Å². The van der Waals surface area contributed by atoms with Crippen LogP contribution in [-0.4, -0.2) is 22.5 Å². The number of hydrogen-bond donors (Lipinski definition) is 2. The van der Waals surface area contributed by atoms with Crippen LogP contribution in [0.1, 0.15) is 20.3 Å². The zero-order valence-corrected chi connectivity index (χ0v) is 11.5. The Morgan fingerprint density at radius 2 is 2.28 bits per heavy atom. The van der Waals surface area contributed by atoms with E-state index in [4.69, 9.17) is 5.73 Å². The van der Waals surface area contributed by atoms with E-state index in [1.165, 1.54) is 6.07 Å². The molecule has 0 heterocycles. The van der Waals surface area contributed by atoms with Gasteiger partial charge < -0.3 is 11.1 Å². The number of rotatable bonds is 7. The minimum absolute atomic E-state index is 0.0465. The number of nitro groups is 1. The predicted octanol–water partition coefficient (Wildman–Crippen LogP) is 3.12. The molecule has 0 aliphatic rings. The van der Waals surface area contributed by atoms with E-state index in [1.54, 1.807) is 12.1 Å². The van der Waals surface area contributed by atoms with Gasteiger partial charge in [0.25, 0.3) is 5.69 Å². The average Bonchev–Trinajstić information content (AvgIpc) is 2.28. The number of nitrogens with zero attached hydrogens (tertiary/aromatic N) is 1. The summed E-state index contributed by atoms with van der Waals surface area (Å²) in [5.74, 6) is 2.23. The lowest BCUT2D eigenvalue weighted by Crippen LogP contribution is -2.16. The van der Waals surface area contributed by atoms with E-state index in [0.717, 1.165) is 23.6 Å². The fraction of sp³-hybridized carbons (Fsp3) is 0.500. The van der Waals surface area contributed by atoms with Gasteiger partial charge in [-0.25, -0.2) is 0 Å². The van der Waals surface area contributed by atoms with Crippen LogP contribution in [0.15, 0.2) is 18.2 Å². The Hall–Kier alpha value is -1.43. The van der Waals surface area contributed by atoms with Gasteiger partial charge in [-0.05, 0) is 37.0 Å². The molecule has 18 heavy (non-hydrogen) atoms. The number of anilines is 2. The molecular formula is C12H19N3O2S. The first kappa shape index (κ1) is 14.6. The van der Waals surface area contributed by atoms with Crippen LogP contribution in [0.4, 0.5) is 17.1 Å². The van der Waals surface area contributed by atoms with Gasteiger partial charge in [-0.15, -0.1) is 0 Å². The van der Waals surface area contributed by atoms with Crippen molar-refractivity contribution in [1.29, 1.82) is 0 Å². The van der Waals surface area contributed by atoms with Gasteiger partial charge in [0.1, 0.15) is 5.69 Å². The van der Waals surface area contributed by atoms with Crippen molar-refractivity contribution < 1.29 is 4.92 Å². The summed E-state index contributed by atoms with van der Waals surface area (Å²) in [6.07, 6.45) is 1.05. The van der Waals surface area contributed by atoms with Gasteiger partial charge in [-0.3, -0.25) is 10.1 Å². The van der Waals surface area contributed by atoms with Crippen molar-refractivity contribution in [1.82, 2.24) is 0 Å². The quantitative estimate of drug-likeness (QED) is 0.344. The topological polar surface area (TPSA) is 81.2 Å². The maximum Gasteiger partial charge on any atom is 0.292 e. The lowest BCUT2D eigenvalue weighted by atomic mass is 10.2. The molecule has 5 nitrogen and oxygen atoms in total. The molecule has 1 aromatic rings. The number of nitrogens with two attached hydrogens (primary N) is 1. The fourth-order valence-corrected chi connectivity index (χ4v) is 2.38. The SMILES string of the molecule is CCSCCC(C)Nc1ccc([N+](=O)[O-])c(N)c1. The van der Waals surface area contributed by atoms with Crippen LogP contribution >= 0.6 is 11.8 Å². The number of nitro benzene ring substituents is 1. The number of thioether (sulfide) groups is 1. The molecule has 1 unspecified atom stereocenters. The zero-order valence-electron chi connectivity index (χ0n) is 10.7. The molecule has 6 heteroatoms. The Bertz CT molecular complexity index is 412. The predicted molar refractivity (Wildman–Crippen MR) is 78.2 cm³/mol. The van der Waals surface area contributed by atoms with Crippen molar-refractivity contribution in [2.75, 3.05) is 22.6 Å². The summed E-state index contributed by atoms with van der Waals surface area (Å²) in [5.41, 5.74) is 6.61. The van der Waals surface area contributed by atoms with E-state index in [2.05, 4.69) is 19.2 Å². The molecule has 0 amide bonds. The highest BCUT2D eigenvalue weighted by Crippen LogP contribution is 2.25. The third kappa shape index (κ3) is 4.44. The van der Waals surface area contributed by atoms with E-state index >= 15 is 0 Å². The number of hydrogen-bond acceptors (Lipinski definition) is 5. The van der Waals surface area contributed by atoms with Crippen LogP contribution in [0.2, 0.25) is 0 Å². The lowest BCUT2D eigenvalue weighted by molar-refractivity contribution is -0.383. The molecule has 0 aliphatic carbocycles. The van der Waals surface area contributed by atoms with Gasteiger partial charge in [0, 0.05) is 17.8 Å². The summed E-state index contributed by atoms with van der Waals surface area (Å²) < 4.78 is 0. The van der Waals surface area contributed by atoms with Crippen LogP contribution in [0.5, 0.6) is 0 Å². The molecule has 0 fully saturated rings. The van der Waals surface area contributed by atoms with E-state index in [1.807, 2.05) is 11.8 Å². The number of nitrogen functional groups attached to an aromatic ring is 1. The molecule has 0 spiro atoms. The van der Waals surface area contributed by atoms with E-state index in [-0.39, 0.29) is 11.4 Å². The Labute approximate surface area is 111 Å². The van der Waals surface area contributed by atoms with Gasteiger partial charge >= 0.3 is 0 Å². The average molecular weight is 269 g/mol. The molecule has 1 aromatic carbocycles. The summed E-state index contributed by atoms with van der Waals surface area (Å²) >= 11 is 1.90. The first-order chi connectivity index (χ1) is 8.54. The molecule has 3 N–H and O–H groups in total. The van der Waals surface area contributed by atoms with Gasteiger partial charge in [0.05, 0.1) is 4.92 Å². The Morgan fingerprint density at radius 3 is 2.83 bits per heavy atom. The minimum Gasteiger partial charge on any atom is -0.393 e. The molecule has 0 saturated carbocycles. The Morgan fingerprint density at radius 1 is 1.56 bits per heavy atom. The van der Waals surface area contributed by atoms with Crippen molar-refractivity contribution in [3.05, 3.63) is 28.3 Å². The molecule has 1 atom stereocenters. The summed E-state index contributed by atoms with van der Waals surface area (Å²) in [5, 5.41) is 13.9. The minimum atomic E-state index is -0.472. The largest absolute Gasteiger partial charge is 0.393 e. The van der Waals surface area contributed by atoms with Crippen LogP contribution in [0.25, 0.3) is 0 Å². The summed E-state index contributed by atoms with van der Waals surface area (Å²) in [4.78, 5) is 10.2. The second-order valence-corrected chi connectivity index (χ2v) is 5.46. The van der Waals surface area contributed by atoms with Gasteiger partial charge in [-0.2, -0.15) is 11.8 Å². The summed E-state index contributed by atoms with van der Waals surface area (Å²) in [7, 11) is 0. The van der Waals surface area contributed by atoms with Crippen molar-refractivity contribution in [3.8, 4) is 0 Å². The van der Waals surface area contributed by atoms with E-state index in [9.17, 15) is 10.1 Å². The lowest BCUT2D eigenvalue weighted by Gasteiger charge is -2.15. The Balaban J connectivity index is 2.57. The van der Waals surface area contributed by atoms with Crippen LogP contribution in [0, 0.1) is 10.1 Å². The van der Waals surface area contributed by atoms with Crippen molar-refractivity contribution in [3.63, 3.8) is 0 Å². The Kier molecular flexibility index (Phi) is 5.77. The van der Waals surface area contributed by atoms with Crippen molar-refractivity contribution >= 4 is 28.8 Å². The third-order valence-electron chi connectivity index (χ3n) is 2.54. The molecule has 1 rings (SSSR count).